The lowest BCUT2D eigenvalue weighted by Crippen LogP contribution is -2.37. The SMILES string of the molecule is Cc1ccc(-c2c(C)n(C(Cc3ccccc3)C(=O)OC(C)(C)C)c(=O)n2N=C(c2ccccc2)c2ccccc2)cc1.Cc1ccc(I)cc1.Cc1cn(N=C(c2ccccc2)c2ccccc2)c(=O)n1C(Cc1ccccc1)C(=O)OC(C)(C)C. The van der Waals surface area contributed by atoms with Gasteiger partial charge in [-0.15, -0.1) is 0 Å². The van der Waals surface area contributed by atoms with E-state index in [-0.39, 0.29) is 0 Å². The molecular weight excluding hydrogens is 1200 g/mol. The zero-order valence-electron chi connectivity index (χ0n) is 51.1. The third kappa shape index (κ3) is 17.5. The van der Waals surface area contributed by atoms with Crippen molar-refractivity contribution < 1.29 is 19.1 Å². The second-order valence-corrected chi connectivity index (χ2v) is 24.4. The van der Waals surface area contributed by atoms with E-state index >= 15 is 0 Å². The minimum Gasteiger partial charge on any atom is -0.458 e. The van der Waals surface area contributed by atoms with Crippen molar-refractivity contribution in [3.63, 3.8) is 0 Å². The fourth-order valence-corrected chi connectivity index (χ4v) is 10.1. The van der Waals surface area contributed by atoms with E-state index in [9.17, 15) is 19.2 Å². The van der Waals surface area contributed by atoms with Crippen LogP contribution in [0.2, 0.25) is 0 Å². The average Bonchev–Trinajstić information content (AvgIpc) is 1.74. The number of rotatable bonds is 15. The summed E-state index contributed by atoms with van der Waals surface area (Å²) in [4.78, 5) is 55.4. The first-order chi connectivity index (χ1) is 41.6. The Balaban J connectivity index is 0.000000202. The standard InChI is InChI=1S/C37H37N3O3.C30H31N3O3.C7H7I/c1-26-21-23-31(24-22-26)34-27(2)39(32(35(41)43-37(3,4)5)25-28-15-9-6-10-16-28)36(42)40(34)38-33(29-17-11-7-12-18-29)30-19-13-8-14-20-30;1-22-21-32(31-27(24-16-10-6-11-17-24)25-18-12-7-13-19-25)29(35)33(22)26(28(34)36-30(2,3)4)20-23-14-8-5-9-15-23;1-6-2-4-7(8)5-3-6/h6-24,32H,25H2,1-5H3;5-19,21,26H,20H2,1-4H3;2-5H,1H3. The van der Waals surface area contributed by atoms with Crippen LogP contribution in [-0.2, 0) is 31.9 Å². The number of hydrogen-bond acceptors (Lipinski definition) is 8. The number of carbonyl (C=O) groups excluding carboxylic acids is 2. The number of esters is 2. The summed E-state index contributed by atoms with van der Waals surface area (Å²) in [5.41, 5.74) is 9.57. The van der Waals surface area contributed by atoms with Gasteiger partial charge in [0.15, 0.2) is 0 Å². The summed E-state index contributed by atoms with van der Waals surface area (Å²) >= 11 is 2.30. The molecule has 2 unspecified atom stereocenters. The molecule has 13 heteroatoms. The molecule has 0 bridgehead atoms. The van der Waals surface area contributed by atoms with Gasteiger partial charge in [0.1, 0.15) is 23.3 Å². The first kappa shape index (κ1) is 63.8. The molecule has 0 N–H and O–H groups in total. The summed E-state index contributed by atoms with van der Waals surface area (Å²) in [6, 6.07) is 73.1. The van der Waals surface area contributed by atoms with E-state index in [0.29, 0.717) is 41.3 Å². The van der Waals surface area contributed by atoms with Crippen molar-refractivity contribution in [2.24, 2.45) is 10.2 Å². The van der Waals surface area contributed by atoms with Gasteiger partial charge in [0, 0.05) is 55.6 Å². The van der Waals surface area contributed by atoms with E-state index in [1.165, 1.54) is 23.1 Å². The zero-order chi connectivity index (χ0) is 62.3. The molecule has 2 aromatic heterocycles. The van der Waals surface area contributed by atoms with Gasteiger partial charge < -0.3 is 9.47 Å². The highest BCUT2D eigenvalue weighted by Crippen LogP contribution is 2.29. The molecule has 0 aliphatic rings. The van der Waals surface area contributed by atoms with Crippen LogP contribution >= 0.6 is 22.6 Å². The molecule has 2 atom stereocenters. The minimum atomic E-state index is -0.897. The Morgan fingerprint density at radius 1 is 0.448 bits per heavy atom. The molecule has 0 saturated heterocycles. The smallest absolute Gasteiger partial charge is 0.350 e. The van der Waals surface area contributed by atoms with E-state index in [4.69, 9.17) is 19.7 Å². The maximum Gasteiger partial charge on any atom is 0.350 e. The highest BCUT2D eigenvalue weighted by atomic mass is 127. The quantitative estimate of drug-likeness (QED) is 0.0571. The molecule has 10 rings (SSSR count). The summed E-state index contributed by atoms with van der Waals surface area (Å²) in [5, 5.41) is 9.80. The first-order valence-corrected chi connectivity index (χ1v) is 30.1. The van der Waals surface area contributed by atoms with Crippen LogP contribution in [0.15, 0.2) is 257 Å². The van der Waals surface area contributed by atoms with Gasteiger partial charge in [-0.3, -0.25) is 9.13 Å². The van der Waals surface area contributed by atoms with Crippen LogP contribution in [0.4, 0.5) is 0 Å². The molecule has 10 aromatic rings. The summed E-state index contributed by atoms with van der Waals surface area (Å²) in [6.07, 6.45) is 2.28. The van der Waals surface area contributed by atoms with E-state index in [1.54, 1.807) is 17.7 Å². The Morgan fingerprint density at radius 2 is 0.793 bits per heavy atom. The number of aryl methyl sites for hydroxylation is 3. The maximum atomic E-state index is 14.6. The molecule has 0 spiro atoms. The number of carbonyl (C=O) groups is 2. The monoisotopic (exact) mass is 1270 g/mol. The molecule has 12 nitrogen and oxygen atoms in total. The average molecular weight is 1270 g/mol. The van der Waals surface area contributed by atoms with E-state index in [1.807, 2.05) is 262 Å². The lowest BCUT2D eigenvalue weighted by Gasteiger charge is -2.25. The molecule has 0 amide bonds. The highest BCUT2D eigenvalue weighted by molar-refractivity contribution is 14.1. The van der Waals surface area contributed by atoms with Gasteiger partial charge in [-0.2, -0.15) is 19.6 Å². The van der Waals surface area contributed by atoms with Crippen LogP contribution < -0.4 is 11.4 Å². The Kier molecular flexibility index (Phi) is 21.5. The summed E-state index contributed by atoms with van der Waals surface area (Å²) in [5.74, 6) is -0.922. The Bertz CT molecular complexity index is 3950. The van der Waals surface area contributed by atoms with Crippen LogP contribution in [0.25, 0.3) is 11.3 Å². The van der Waals surface area contributed by atoms with E-state index in [0.717, 1.165) is 44.5 Å². The molecule has 0 fully saturated rings. The van der Waals surface area contributed by atoms with Crippen LogP contribution in [0, 0.1) is 31.3 Å². The molecular formula is C74H75IN6O6. The number of benzene rings is 8. The van der Waals surface area contributed by atoms with Crippen molar-refractivity contribution in [2.45, 2.75) is 105 Å². The van der Waals surface area contributed by atoms with Gasteiger partial charge in [0.05, 0.1) is 23.3 Å². The first-order valence-electron chi connectivity index (χ1n) is 29.0. The fraction of sp³-hybridized carbons (Fsp3) is 0.216. The molecule has 444 valence electrons. The zero-order valence-corrected chi connectivity index (χ0v) is 53.3. The predicted octanol–water partition coefficient (Wildman–Crippen LogP) is 15.3. The van der Waals surface area contributed by atoms with Crippen LogP contribution in [0.3, 0.4) is 0 Å². The second kappa shape index (κ2) is 29.3. The third-order valence-corrected chi connectivity index (χ3v) is 14.6. The maximum absolute atomic E-state index is 14.6. The van der Waals surface area contributed by atoms with Gasteiger partial charge in [-0.25, -0.2) is 19.2 Å². The van der Waals surface area contributed by atoms with Gasteiger partial charge in [-0.1, -0.05) is 230 Å². The molecule has 0 aliphatic heterocycles. The van der Waals surface area contributed by atoms with Gasteiger partial charge in [0.25, 0.3) is 0 Å². The Morgan fingerprint density at radius 3 is 1.16 bits per heavy atom. The largest absolute Gasteiger partial charge is 0.458 e. The molecule has 8 aromatic carbocycles. The number of imidazole rings is 2. The number of hydrogen-bond donors (Lipinski definition) is 0. The van der Waals surface area contributed by atoms with Crippen molar-refractivity contribution >= 4 is 46.0 Å². The lowest BCUT2D eigenvalue weighted by atomic mass is 10.0. The second-order valence-electron chi connectivity index (χ2n) is 23.2. The molecule has 87 heavy (non-hydrogen) atoms. The molecule has 0 saturated carbocycles. The highest BCUT2D eigenvalue weighted by Gasteiger charge is 2.34. The molecule has 2 heterocycles. The number of halogens is 1. The van der Waals surface area contributed by atoms with Crippen molar-refractivity contribution in [2.75, 3.05) is 0 Å². The van der Waals surface area contributed by atoms with Gasteiger partial charge in [-0.05, 0) is 115 Å². The summed E-state index contributed by atoms with van der Waals surface area (Å²) < 4.78 is 18.7. The van der Waals surface area contributed by atoms with E-state index < -0.39 is 46.6 Å². The van der Waals surface area contributed by atoms with Crippen LogP contribution in [-0.4, -0.2) is 53.1 Å². The van der Waals surface area contributed by atoms with Crippen LogP contribution in [0.5, 0.6) is 0 Å². The normalized spacial score (nSPS) is 11.8. The minimum absolute atomic E-state index is 0.293. The summed E-state index contributed by atoms with van der Waals surface area (Å²) in [6.45, 7) is 18.8. The van der Waals surface area contributed by atoms with E-state index in [2.05, 4.69) is 53.8 Å². The number of ether oxygens (including phenoxy) is 2. The predicted molar refractivity (Wildman–Crippen MR) is 359 cm³/mol. The number of aromatic nitrogens is 4. The topological polar surface area (TPSA) is 131 Å². The van der Waals surface area contributed by atoms with Crippen molar-refractivity contribution in [1.29, 1.82) is 0 Å². The Hall–Kier alpha value is -9.21. The molecule has 0 aliphatic carbocycles. The van der Waals surface area contributed by atoms with Gasteiger partial charge in [0.2, 0.25) is 0 Å². The Labute approximate surface area is 524 Å². The van der Waals surface area contributed by atoms with Crippen LogP contribution in [0.1, 0.15) is 110 Å². The van der Waals surface area contributed by atoms with Crippen molar-refractivity contribution in [1.82, 2.24) is 18.5 Å². The van der Waals surface area contributed by atoms with Gasteiger partial charge >= 0.3 is 23.3 Å². The summed E-state index contributed by atoms with van der Waals surface area (Å²) in [7, 11) is 0. The molecule has 0 radical (unpaired) electrons. The van der Waals surface area contributed by atoms with Crippen molar-refractivity contribution in [3.8, 4) is 11.3 Å². The van der Waals surface area contributed by atoms with Crippen molar-refractivity contribution in [3.05, 3.63) is 317 Å². The fourth-order valence-electron chi connectivity index (χ4n) is 9.78. The third-order valence-electron chi connectivity index (χ3n) is 13.9. The lowest BCUT2D eigenvalue weighted by molar-refractivity contribution is -0.160. The number of nitrogens with zero attached hydrogens (tertiary/aromatic N) is 6.